The summed E-state index contributed by atoms with van der Waals surface area (Å²) in [5.41, 5.74) is 1.48. The minimum Gasteiger partial charge on any atom is -0.392 e. The average molecular weight is 342 g/mol. The van der Waals surface area contributed by atoms with Crippen LogP contribution in [0.1, 0.15) is 30.4 Å². The van der Waals surface area contributed by atoms with Crippen LogP contribution in [-0.2, 0) is 6.54 Å². The third kappa shape index (κ3) is 3.71. The minimum atomic E-state index is -0.776. The molecule has 0 spiro atoms. The number of aliphatic hydroxyl groups excluding tert-OH is 2. The molecule has 0 amide bonds. The van der Waals surface area contributed by atoms with Crippen LogP contribution in [0.25, 0.3) is 10.9 Å². The third-order valence-electron chi connectivity index (χ3n) is 4.73. The van der Waals surface area contributed by atoms with Gasteiger partial charge < -0.3 is 15.5 Å². The van der Waals surface area contributed by atoms with E-state index in [0.717, 1.165) is 24.9 Å². The molecule has 1 aromatic heterocycles. The van der Waals surface area contributed by atoms with Crippen molar-refractivity contribution >= 4 is 10.9 Å². The molecular formula is C18H22N4O3. The summed E-state index contributed by atoms with van der Waals surface area (Å²) in [4.78, 5) is 17.0. The SMILES string of the molecule is Cc1cc(C#N)cc2c(=O)n(CC(O)C[C@H]3NCCC[C@@H]3O)cnc12. The molecule has 3 rings (SSSR count). The van der Waals surface area contributed by atoms with Gasteiger partial charge in [-0.1, -0.05) is 0 Å². The maximum absolute atomic E-state index is 12.7. The van der Waals surface area contributed by atoms with Crippen LogP contribution in [-0.4, -0.2) is 44.6 Å². The number of aliphatic hydroxyl groups is 2. The van der Waals surface area contributed by atoms with Gasteiger partial charge in [0.15, 0.2) is 0 Å². The lowest BCUT2D eigenvalue weighted by molar-refractivity contribution is 0.0539. The molecule has 7 nitrogen and oxygen atoms in total. The standard InChI is InChI=1S/C18H22N4O3/c1-11-5-12(8-19)6-14-17(11)21-10-22(18(14)25)9-13(23)7-15-16(24)3-2-4-20-15/h5-6,10,13,15-16,20,23-24H,2-4,7,9H2,1H3/t13?,15-,16+/m1/s1. The fourth-order valence-electron chi connectivity index (χ4n) is 3.41. The van der Waals surface area contributed by atoms with Gasteiger partial charge in [0, 0.05) is 6.04 Å². The maximum Gasteiger partial charge on any atom is 0.261 e. The zero-order valence-electron chi connectivity index (χ0n) is 14.1. The van der Waals surface area contributed by atoms with Crippen molar-refractivity contribution < 1.29 is 10.2 Å². The highest BCUT2D eigenvalue weighted by Gasteiger charge is 2.25. The number of aromatic nitrogens is 2. The number of nitrogens with zero attached hydrogens (tertiary/aromatic N) is 3. The van der Waals surface area contributed by atoms with Gasteiger partial charge in [0.05, 0.1) is 47.6 Å². The Morgan fingerprint density at radius 3 is 3.04 bits per heavy atom. The number of hydrogen-bond acceptors (Lipinski definition) is 6. The molecule has 0 aliphatic carbocycles. The van der Waals surface area contributed by atoms with Gasteiger partial charge in [0.1, 0.15) is 0 Å². The van der Waals surface area contributed by atoms with E-state index in [-0.39, 0.29) is 18.1 Å². The lowest BCUT2D eigenvalue weighted by Gasteiger charge is -2.30. The zero-order chi connectivity index (χ0) is 18.0. The Morgan fingerprint density at radius 1 is 1.52 bits per heavy atom. The van der Waals surface area contributed by atoms with Crippen LogP contribution in [0.4, 0.5) is 0 Å². The Morgan fingerprint density at radius 2 is 2.32 bits per heavy atom. The van der Waals surface area contributed by atoms with E-state index in [9.17, 15) is 15.0 Å². The molecule has 1 unspecified atom stereocenters. The van der Waals surface area contributed by atoms with Gasteiger partial charge in [0.25, 0.3) is 5.56 Å². The number of fused-ring (bicyclic) bond motifs is 1. The molecule has 1 saturated heterocycles. The van der Waals surface area contributed by atoms with Crippen molar-refractivity contribution in [2.75, 3.05) is 6.54 Å². The molecule has 25 heavy (non-hydrogen) atoms. The van der Waals surface area contributed by atoms with Crippen LogP contribution in [0.3, 0.4) is 0 Å². The largest absolute Gasteiger partial charge is 0.392 e. The molecule has 2 aromatic rings. The first kappa shape index (κ1) is 17.5. The van der Waals surface area contributed by atoms with E-state index in [0.29, 0.717) is 22.9 Å². The van der Waals surface area contributed by atoms with Gasteiger partial charge in [-0.2, -0.15) is 5.26 Å². The molecule has 7 heteroatoms. The number of aryl methyl sites for hydroxylation is 1. The van der Waals surface area contributed by atoms with Gasteiger partial charge in [-0.15, -0.1) is 0 Å². The Kier molecular flexibility index (Phi) is 5.13. The van der Waals surface area contributed by atoms with Crippen molar-refractivity contribution in [3.05, 3.63) is 39.9 Å². The molecule has 3 atom stereocenters. The summed E-state index contributed by atoms with van der Waals surface area (Å²) in [6, 6.07) is 5.11. The number of rotatable bonds is 4. The first-order valence-electron chi connectivity index (χ1n) is 8.49. The highest BCUT2D eigenvalue weighted by Crippen LogP contribution is 2.16. The van der Waals surface area contributed by atoms with Crippen LogP contribution in [0.15, 0.2) is 23.3 Å². The van der Waals surface area contributed by atoms with E-state index in [1.165, 1.54) is 17.0 Å². The van der Waals surface area contributed by atoms with Crippen LogP contribution < -0.4 is 10.9 Å². The molecule has 2 heterocycles. The second-order valence-corrected chi connectivity index (χ2v) is 6.66. The van der Waals surface area contributed by atoms with E-state index in [2.05, 4.69) is 10.3 Å². The fraction of sp³-hybridized carbons (Fsp3) is 0.500. The molecule has 1 fully saturated rings. The van der Waals surface area contributed by atoms with E-state index in [1.54, 1.807) is 6.07 Å². The van der Waals surface area contributed by atoms with E-state index in [4.69, 9.17) is 5.26 Å². The monoisotopic (exact) mass is 342 g/mol. The van der Waals surface area contributed by atoms with Crippen LogP contribution in [0.2, 0.25) is 0 Å². The van der Waals surface area contributed by atoms with Gasteiger partial charge in [-0.25, -0.2) is 4.98 Å². The summed E-state index contributed by atoms with van der Waals surface area (Å²) in [5.74, 6) is 0. The molecular weight excluding hydrogens is 320 g/mol. The predicted octanol–water partition coefficient (Wildman–Crippen LogP) is 0.440. The van der Waals surface area contributed by atoms with E-state index in [1.807, 2.05) is 13.0 Å². The van der Waals surface area contributed by atoms with Crippen molar-refractivity contribution in [2.24, 2.45) is 0 Å². The highest BCUT2D eigenvalue weighted by molar-refractivity contribution is 5.82. The first-order valence-corrected chi connectivity index (χ1v) is 8.49. The Hall–Kier alpha value is -2.27. The topological polar surface area (TPSA) is 111 Å². The molecule has 0 bridgehead atoms. The summed E-state index contributed by atoms with van der Waals surface area (Å²) in [6.45, 7) is 2.73. The number of nitrogens with one attached hydrogen (secondary N) is 1. The molecule has 1 aliphatic rings. The summed E-state index contributed by atoms with van der Waals surface area (Å²) < 4.78 is 1.36. The summed E-state index contributed by atoms with van der Waals surface area (Å²) in [5, 5.41) is 33.0. The first-order chi connectivity index (χ1) is 12.0. The van der Waals surface area contributed by atoms with Gasteiger partial charge >= 0.3 is 0 Å². The average Bonchev–Trinajstić information content (AvgIpc) is 2.59. The van der Waals surface area contributed by atoms with Crippen molar-refractivity contribution in [3.8, 4) is 6.07 Å². The summed E-state index contributed by atoms with van der Waals surface area (Å²) in [7, 11) is 0. The minimum absolute atomic E-state index is 0.0997. The molecule has 0 saturated carbocycles. The van der Waals surface area contributed by atoms with E-state index >= 15 is 0 Å². The summed E-state index contributed by atoms with van der Waals surface area (Å²) in [6.07, 6.45) is 2.18. The Balaban J connectivity index is 1.83. The molecule has 132 valence electrons. The maximum atomic E-state index is 12.7. The third-order valence-corrected chi connectivity index (χ3v) is 4.73. The number of benzene rings is 1. The van der Waals surface area contributed by atoms with Gasteiger partial charge in [-0.05, 0) is 50.4 Å². The Bertz CT molecular complexity index is 871. The zero-order valence-corrected chi connectivity index (χ0v) is 14.1. The van der Waals surface area contributed by atoms with Crippen molar-refractivity contribution in [3.63, 3.8) is 0 Å². The number of piperidine rings is 1. The fourth-order valence-corrected chi connectivity index (χ4v) is 3.41. The van der Waals surface area contributed by atoms with Crippen molar-refractivity contribution in [1.29, 1.82) is 5.26 Å². The normalized spacial score (nSPS) is 21.8. The number of nitriles is 1. The highest BCUT2D eigenvalue weighted by atomic mass is 16.3. The quantitative estimate of drug-likeness (QED) is 0.743. The second-order valence-electron chi connectivity index (χ2n) is 6.66. The Labute approximate surface area is 145 Å². The predicted molar refractivity (Wildman–Crippen MR) is 93.1 cm³/mol. The van der Waals surface area contributed by atoms with Crippen molar-refractivity contribution in [2.45, 2.75) is 51.0 Å². The van der Waals surface area contributed by atoms with Crippen LogP contribution in [0.5, 0.6) is 0 Å². The molecule has 0 radical (unpaired) electrons. The van der Waals surface area contributed by atoms with Crippen molar-refractivity contribution in [1.82, 2.24) is 14.9 Å². The number of hydrogen-bond donors (Lipinski definition) is 3. The van der Waals surface area contributed by atoms with Gasteiger partial charge in [0.2, 0.25) is 0 Å². The lowest BCUT2D eigenvalue weighted by Crippen LogP contribution is -2.47. The van der Waals surface area contributed by atoms with Crippen LogP contribution in [0, 0.1) is 18.3 Å². The molecule has 1 aromatic carbocycles. The lowest BCUT2D eigenvalue weighted by atomic mass is 9.96. The molecule has 3 N–H and O–H groups in total. The van der Waals surface area contributed by atoms with E-state index < -0.39 is 12.2 Å². The molecule has 1 aliphatic heterocycles. The van der Waals surface area contributed by atoms with Crippen LogP contribution >= 0.6 is 0 Å². The smallest absolute Gasteiger partial charge is 0.261 e. The van der Waals surface area contributed by atoms with Gasteiger partial charge in [-0.3, -0.25) is 9.36 Å². The summed E-state index contributed by atoms with van der Waals surface area (Å²) >= 11 is 0. The second kappa shape index (κ2) is 7.31.